The molecule has 0 amide bonds. The fourth-order valence-electron chi connectivity index (χ4n) is 1.68. The molecule has 1 unspecified atom stereocenters. The number of benzene rings is 1. The Bertz CT molecular complexity index is 376. The summed E-state index contributed by atoms with van der Waals surface area (Å²) in [5.74, 6) is 0.414. The molecular formula is C13H16Br2O. The Morgan fingerprint density at radius 1 is 1.31 bits per heavy atom. The molecule has 1 aromatic carbocycles. The largest absolute Gasteiger partial charge is 0.300 e. The Kier molecular flexibility index (Phi) is 5.19. The Balaban J connectivity index is 2.93. The van der Waals surface area contributed by atoms with E-state index >= 15 is 0 Å². The lowest BCUT2D eigenvalue weighted by molar-refractivity contribution is -0.120. The van der Waals surface area contributed by atoms with Gasteiger partial charge in [-0.2, -0.15) is 0 Å². The van der Waals surface area contributed by atoms with Crippen molar-refractivity contribution in [2.45, 2.75) is 33.6 Å². The van der Waals surface area contributed by atoms with Crippen molar-refractivity contribution >= 4 is 37.6 Å². The second-order valence-electron chi connectivity index (χ2n) is 4.10. The Morgan fingerprint density at radius 3 is 2.19 bits per heavy atom. The molecule has 0 aliphatic heterocycles. The van der Waals surface area contributed by atoms with E-state index in [1.165, 1.54) is 11.1 Å². The minimum Gasteiger partial charge on any atom is -0.300 e. The quantitative estimate of drug-likeness (QED) is 0.772. The average Bonchev–Trinajstić information content (AvgIpc) is 2.21. The molecule has 0 aromatic heterocycles. The number of halogens is 2. The molecule has 0 saturated carbocycles. The Morgan fingerprint density at radius 2 is 1.81 bits per heavy atom. The van der Waals surface area contributed by atoms with E-state index in [9.17, 15) is 4.79 Å². The lowest BCUT2D eigenvalue weighted by Gasteiger charge is -2.13. The van der Waals surface area contributed by atoms with Crippen molar-refractivity contribution in [2.75, 3.05) is 0 Å². The third-order valence-corrected chi connectivity index (χ3v) is 4.54. The van der Waals surface area contributed by atoms with Crippen molar-refractivity contribution in [3.05, 3.63) is 32.2 Å². The maximum Gasteiger partial charge on any atom is 0.133 e. The summed E-state index contributed by atoms with van der Waals surface area (Å²) in [4.78, 5) is 11.4. The van der Waals surface area contributed by atoms with Gasteiger partial charge in [0.2, 0.25) is 0 Å². The zero-order chi connectivity index (χ0) is 12.3. The van der Waals surface area contributed by atoms with Crippen LogP contribution in [0.15, 0.2) is 21.1 Å². The Hall–Kier alpha value is -0.150. The van der Waals surface area contributed by atoms with Gasteiger partial charge in [0.25, 0.3) is 0 Å². The minimum atomic E-state index is 0.140. The van der Waals surface area contributed by atoms with Crippen LogP contribution in [-0.2, 0) is 11.2 Å². The van der Waals surface area contributed by atoms with Crippen molar-refractivity contribution in [2.24, 2.45) is 5.92 Å². The molecule has 0 bridgehead atoms. The first-order chi connectivity index (χ1) is 7.45. The van der Waals surface area contributed by atoms with E-state index in [0.717, 1.165) is 21.8 Å². The minimum absolute atomic E-state index is 0.140. The molecule has 1 atom stereocenters. The summed E-state index contributed by atoms with van der Waals surface area (Å²) in [6.07, 6.45) is 1.72. The molecule has 0 fully saturated rings. The molecule has 1 nitrogen and oxygen atoms in total. The lowest BCUT2D eigenvalue weighted by atomic mass is 9.93. The number of hydrogen-bond acceptors (Lipinski definition) is 1. The maximum atomic E-state index is 11.4. The summed E-state index contributed by atoms with van der Waals surface area (Å²) in [5.41, 5.74) is 2.39. The average molecular weight is 348 g/mol. The highest BCUT2D eigenvalue weighted by Crippen LogP contribution is 2.28. The maximum absolute atomic E-state index is 11.4. The molecule has 16 heavy (non-hydrogen) atoms. The van der Waals surface area contributed by atoms with Crippen LogP contribution in [0.4, 0.5) is 0 Å². The molecule has 0 radical (unpaired) electrons. The molecule has 0 N–H and O–H groups in total. The number of Topliss-reactive ketones (excluding diaryl/α,β-unsaturated/α-hetero) is 1. The van der Waals surface area contributed by atoms with Crippen LogP contribution in [0.25, 0.3) is 0 Å². The smallest absolute Gasteiger partial charge is 0.133 e. The summed E-state index contributed by atoms with van der Waals surface area (Å²) >= 11 is 7.06. The molecule has 0 aliphatic carbocycles. The van der Waals surface area contributed by atoms with Gasteiger partial charge in [0.1, 0.15) is 5.78 Å². The van der Waals surface area contributed by atoms with E-state index < -0.39 is 0 Å². The molecule has 0 aliphatic rings. The van der Waals surface area contributed by atoms with Crippen molar-refractivity contribution < 1.29 is 4.79 Å². The van der Waals surface area contributed by atoms with E-state index in [1.54, 1.807) is 6.92 Å². The predicted molar refractivity (Wildman–Crippen MR) is 74.7 cm³/mol. The van der Waals surface area contributed by atoms with Gasteiger partial charge in [0.05, 0.1) is 0 Å². The van der Waals surface area contributed by atoms with Gasteiger partial charge in [-0.25, -0.2) is 0 Å². The van der Waals surface area contributed by atoms with Gasteiger partial charge in [-0.1, -0.05) is 38.8 Å². The van der Waals surface area contributed by atoms with E-state index in [2.05, 4.69) is 57.8 Å². The third-order valence-electron chi connectivity index (χ3n) is 2.89. The van der Waals surface area contributed by atoms with Crippen LogP contribution < -0.4 is 0 Å². The zero-order valence-electron chi connectivity index (χ0n) is 9.81. The molecular weight excluding hydrogens is 332 g/mol. The standard InChI is InChI=1S/C13H16Br2O/c1-4-11(9(3)16)5-10-6-12(14)8(2)13(15)7-10/h6-7,11H,4-5H2,1-3H3. The van der Waals surface area contributed by atoms with Crippen molar-refractivity contribution in [1.29, 1.82) is 0 Å². The van der Waals surface area contributed by atoms with Crippen LogP contribution >= 0.6 is 31.9 Å². The topological polar surface area (TPSA) is 17.1 Å². The van der Waals surface area contributed by atoms with Crippen LogP contribution in [0.5, 0.6) is 0 Å². The van der Waals surface area contributed by atoms with Crippen LogP contribution in [0.3, 0.4) is 0 Å². The third kappa shape index (κ3) is 3.42. The number of rotatable bonds is 4. The van der Waals surface area contributed by atoms with E-state index in [1.807, 2.05) is 0 Å². The van der Waals surface area contributed by atoms with Crippen LogP contribution in [-0.4, -0.2) is 5.78 Å². The number of hydrogen-bond donors (Lipinski definition) is 0. The molecule has 1 aromatic rings. The summed E-state index contributed by atoms with van der Waals surface area (Å²) in [6, 6.07) is 4.21. The summed E-state index contributed by atoms with van der Waals surface area (Å²) in [6.45, 7) is 5.79. The number of ketones is 1. The van der Waals surface area contributed by atoms with Gasteiger partial charge in [-0.15, -0.1) is 0 Å². The predicted octanol–water partition coefficient (Wildman–Crippen LogP) is 4.68. The summed E-state index contributed by atoms with van der Waals surface area (Å²) in [7, 11) is 0. The monoisotopic (exact) mass is 346 g/mol. The highest BCUT2D eigenvalue weighted by atomic mass is 79.9. The normalized spacial score (nSPS) is 12.6. The highest BCUT2D eigenvalue weighted by Gasteiger charge is 2.13. The molecule has 0 heterocycles. The zero-order valence-corrected chi connectivity index (χ0v) is 13.0. The molecule has 3 heteroatoms. The SMILES string of the molecule is CCC(Cc1cc(Br)c(C)c(Br)c1)C(C)=O. The first kappa shape index (κ1) is 13.9. The first-order valence-electron chi connectivity index (χ1n) is 5.40. The van der Waals surface area contributed by atoms with Crippen LogP contribution in [0.2, 0.25) is 0 Å². The molecule has 88 valence electrons. The van der Waals surface area contributed by atoms with Crippen molar-refractivity contribution in [3.8, 4) is 0 Å². The van der Waals surface area contributed by atoms with Gasteiger partial charge < -0.3 is 0 Å². The second kappa shape index (κ2) is 5.97. The highest BCUT2D eigenvalue weighted by molar-refractivity contribution is 9.11. The van der Waals surface area contributed by atoms with E-state index in [-0.39, 0.29) is 11.7 Å². The van der Waals surface area contributed by atoms with E-state index in [0.29, 0.717) is 0 Å². The fourth-order valence-corrected chi connectivity index (χ4v) is 2.96. The number of carbonyl (C=O) groups is 1. The summed E-state index contributed by atoms with van der Waals surface area (Å²) < 4.78 is 2.19. The van der Waals surface area contributed by atoms with Gasteiger partial charge in [-0.05, 0) is 49.9 Å². The summed E-state index contributed by atoms with van der Waals surface area (Å²) in [5, 5.41) is 0. The number of carbonyl (C=O) groups excluding carboxylic acids is 1. The lowest BCUT2D eigenvalue weighted by Crippen LogP contribution is -2.12. The second-order valence-corrected chi connectivity index (χ2v) is 5.81. The first-order valence-corrected chi connectivity index (χ1v) is 6.99. The molecule has 0 saturated heterocycles. The van der Waals surface area contributed by atoms with Crippen LogP contribution in [0.1, 0.15) is 31.4 Å². The van der Waals surface area contributed by atoms with Crippen molar-refractivity contribution in [3.63, 3.8) is 0 Å². The van der Waals surface area contributed by atoms with Gasteiger partial charge in [0, 0.05) is 14.9 Å². The molecule has 0 spiro atoms. The molecule has 1 rings (SSSR count). The van der Waals surface area contributed by atoms with Crippen molar-refractivity contribution in [1.82, 2.24) is 0 Å². The van der Waals surface area contributed by atoms with Gasteiger partial charge >= 0.3 is 0 Å². The van der Waals surface area contributed by atoms with Gasteiger partial charge in [0.15, 0.2) is 0 Å². The Labute approximate surface area is 114 Å². The van der Waals surface area contributed by atoms with Gasteiger partial charge in [-0.3, -0.25) is 4.79 Å². The van der Waals surface area contributed by atoms with Crippen LogP contribution in [0, 0.1) is 12.8 Å². The van der Waals surface area contributed by atoms with E-state index in [4.69, 9.17) is 0 Å². The fraction of sp³-hybridized carbons (Fsp3) is 0.462.